The third kappa shape index (κ3) is 2.41. The van der Waals surface area contributed by atoms with Crippen LogP contribution in [0.4, 0.5) is 5.69 Å². The van der Waals surface area contributed by atoms with Gasteiger partial charge in [0, 0.05) is 0 Å². The van der Waals surface area contributed by atoms with Gasteiger partial charge >= 0.3 is 5.97 Å². The van der Waals surface area contributed by atoms with Gasteiger partial charge in [0.2, 0.25) is 11.8 Å². The summed E-state index contributed by atoms with van der Waals surface area (Å²) >= 11 is 6.09. The molecule has 1 aliphatic heterocycles. The van der Waals surface area contributed by atoms with Crippen molar-refractivity contribution in [2.24, 2.45) is 23.7 Å². The second-order valence-electron chi connectivity index (χ2n) is 6.74. The normalized spacial score (nSPS) is 29.9. The number of benzene rings is 1. The van der Waals surface area contributed by atoms with Gasteiger partial charge in [-0.2, -0.15) is 0 Å². The average molecular weight is 360 g/mol. The molecule has 1 heterocycles. The molecular formula is C19H18ClNO4. The molecule has 130 valence electrons. The van der Waals surface area contributed by atoms with Crippen LogP contribution in [0.5, 0.6) is 0 Å². The van der Waals surface area contributed by atoms with Gasteiger partial charge in [-0.15, -0.1) is 0 Å². The molecule has 0 unspecified atom stereocenters. The van der Waals surface area contributed by atoms with Gasteiger partial charge in [-0.05, 0) is 49.8 Å². The van der Waals surface area contributed by atoms with Gasteiger partial charge in [-0.25, -0.2) is 9.69 Å². The molecule has 1 aromatic rings. The van der Waals surface area contributed by atoms with Crippen molar-refractivity contribution < 1.29 is 19.1 Å². The molecule has 3 aliphatic carbocycles. The first-order valence-electron chi connectivity index (χ1n) is 8.55. The van der Waals surface area contributed by atoms with Gasteiger partial charge < -0.3 is 4.74 Å². The molecule has 0 spiro atoms. The van der Waals surface area contributed by atoms with Gasteiger partial charge in [-0.1, -0.05) is 23.8 Å². The number of imide groups is 1. The van der Waals surface area contributed by atoms with E-state index in [0.29, 0.717) is 5.69 Å². The molecule has 25 heavy (non-hydrogen) atoms. The van der Waals surface area contributed by atoms with Crippen LogP contribution in [-0.4, -0.2) is 24.4 Å². The maximum Gasteiger partial charge on any atom is 0.339 e. The molecule has 1 saturated carbocycles. The first-order valence-corrected chi connectivity index (χ1v) is 8.93. The summed E-state index contributed by atoms with van der Waals surface area (Å²) in [6.07, 6.45) is 6.06. The molecule has 5 nitrogen and oxygen atoms in total. The molecule has 2 bridgehead atoms. The van der Waals surface area contributed by atoms with Crippen molar-refractivity contribution in [2.75, 3.05) is 11.5 Å². The fraction of sp³-hybridized carbons (Fsp3) is 0.421. The van der Waals surface area contributed by atoms with E-state index < -0.39 is 5.97 Å². The lowest BCUT2D eigenvalue weighted by Gasteiger charge is -2.38. The fourth-order valence-corrected chi connectivity index (χ4v) is 4.54. The summed E-state index contributed by atoms with van der Waals surface area (Å²) in [4.78, 5) is 39.2. The molecular weight excluding hydrogens is 342 g/mol. The highest BCUT2D eigenvalue weighted by Gasteiger charge is 2.56. The Morgan fingerprint density at radius 2 is 1.76 bits per heavy atom. The van der Waals surface area contributed by atoms with E-state index in [1.807, 2.05) is 0 Å². The van der Waals surface area contributed by atoms with E-state index in [4.69, 9.17) is 16.3 Å². The lowest BCUT2D eigenvalue weighted by molar-refractivity contribution is -0.124. The summed E-state index contributed by atoms with van der Waals surface area (Å²) < 4.78 is 5.00. The quantitative estimate of drug-likeness (QED) is 0.472. The Morgan fingerprint density at radius 3 is 2.28 bits per heavy atom. The van der Waals surface area contributed by atoms with Crippen LogP contribution in [0.15, 0.2) is 30.4 Å². The van der Waals surface area contributed by atoms with E-state index in [9.17, 15) is 14.4 Å². The monoisotopic (exact) mass is 359 g/mol. The third-order valence-electron chi connectivity index (χ3n) is 5.46. The summed E-state index contributed by atoms with van der Waals surface area (Å²) in [6, 6.07) is 4.61. The number of nitrogens with zero attached hydrogens (tertiary/aromatic N) is 1. The molecule has 2 amide bonds. The molecule has 1 aromatic carbocycles. The highest BCUT2D eigenvalue weighted by Crippen LogP contribution is 2.50. The topological polar surface area (TPSA) is 63.7 Å². The van der Waals surface area contributed by atoms with E-state index in [-0.39, 0.29) is 52.7 Å². The van der Waals surface area contributed by atoms with E-state index in [2.05, 4.69) is 12.2 Å². The first kappa shape index (κ1) is 16.3. The standard InChI is InChI=1S/C19H18ClNO4/c1-2-25-19(24)13-9-12(7-8-14(13)20)21-17(22)15-10-3-4-11(6-5-10)16(15)18(21)23/h3-4,7-11,15-16H,2,5-6H2,1H3/t10-,11+,15+,16-. The number of anilines is 1. The van der Waals surface area contributed by atoms with Crippen molar-refractivity contribution in [3.05, 3.63) is 40.9 Å². The van der Waals surface area contributed by atoms with Crippen LogP contribution in [0.1, 0.15) is 30.1 Å². The number of ether oxygens (including phenoxy) is 1. The Kier molecular flexibility index (Phi) is 3.91. The molecule has 4 aliphatic rings. The largest absolute Gasteiger partial charge is 0.462 e. The highest BCUT2D eigenvalue weighted by atomic mass is 35.5. The molecule has 6 heteroatoms. The summed E-state index contributed by atoms with van der Waals surface area (Å²) in [5.41, 5.74) is 0.550. The van der Waals surface area contributed by atoms with Crippen LogP contribution in [0.25, 0.3) is 0 Å². The first-order chi connectivity index (χ1) is 12.0. The van der Waals surface area contributed by atoms with Gasteiger partial charge in [0.15, 0.2) is 0 Å². The number of carbonyl (C=O) groups excluding carboxylic acids is 3. The van der Waals surface area contributed by atoms with Crippen LogP contribution in [-0.2, 0) is 14.3 Å². The van der Waals surface area contributed by atoms with E-state index >= 15 is 0 Å². The molecule has 2 fully saturated rings. The molecule has 5 rings (SSSR count). The minimum atomic E-state index is -0.562. The van der Waals surface area contributed by atoms with Crippen LogP contribution in [0.2, 0.25) is 5.02 Å². The third-order valence-corrected chi connectivity index (χ3v) is 5.79. The number of rotatable bonds is 3. The predicted octanol–water partition coefficient (Wildman–Crippen LogP) is 3.22. The van der Waals surface area contributed by atoms with Gasteiger partial charge in [0.05, 0.1) is 34.7 Å². The summed E-state index contributed by atoms with van der Waals surface area (Å²) in [7, 11) is 0. The molecule has 0 N–H and O–H groups in total. The minimum absolute atomic E-state index is 0.133. The lowest BCUT2D eigenvalue weighted by Crippen LogP contribution is -2.38. The van der Waals surface area contributed by atoms with Crippen molar-refractivity contribution in [3.63, 3.8) is 0 Å². The number of allylic oxidation sites excluding steroid dienone is 2. The van der Waals surface area contributed by atoms with Gasteiger partial charge in [-0.3, -0.25) is 9.59 Å². The zero-order valence-electron chi connectivity index (χ0n) is 13.8. The smallest absolute Gasteiger partial charge is 0.339 e. The van der Waals surface area contributed by atoms with Crippen LogP contribution in [0, 0.1) is 23.7 Å². The Balaban J connectivity index is 1.71. The SMILES string of the molecule is CCOC(=O)c1cc(N2C(=O)[C@@H]3[C@H](C2=O)[C@H]2C=C[C@@H]3CC2)ccc1Cl. The highest BCUT2D eigenvalue weighted by molar-refractivity contribution is 6.34. The van der Waals surface area contributed by atoms with Crippen LogP contribution >= 0.6 is 11.6 Å². The fourth-order valence-electron chi connectivity index (χ4n) is 4.35. The van der Waals surface area contributed by atoms with Gasteiger partial charge in [0.25, 0.3) is 0 Å². The van der Waals surface area contributed by atoms with Crippen LogP contribution < -0.4 is 4.90 Å². The number of hydrogen-bond donors (Lipinski definition) is 0. The van der Waals surface area contributed by atoms with Crippen molar-refractivity contribution in [1.29, 1.82) is 0 Å². The second-order valence-corrected chi connectivity index (χ2v) is 7.15. The number of carbonyl (C=O) groups is 3. The number of fused-ring (bicyclic) bond motifs is 1. The Hall–Kier alpha value is -2.14. The van der Waals surface area contributed by atoms with Crippen molar-refractivity contribution in [3.8, 4) is 0 Å². The van der Waals surface area contributed by atoms with E-state index in [1.54, 1.807) is 13.0 Å². The van der Waals surface area contributed by atoms with Crippen molar-refractivity contribution in [2.45, 2.75) is 19.8 Å². The Morgan fingerprint density at radius 1 is 1.16 bits per heavy atom. The zero-order chi connectivity index (χ0) is 17.7. The Labute approximate surface area is 150 Å². The molecule has 0 radical (unpaired) electrons. The van der Waals surface area contributed by atoms with Crippen molar-refractivity contribution >= 4 is 35.1 Å². The lowest BCUT2D eigenvalue weighted by atomic mass is 9.63. The number of esters is 1. The summed E-state index contributed by atoms with van der Waals surface area (Å²) in [6.45, 7) is 1.93. The summed E-state index contributed by atoms with van der Waals surface area (Å²) in [5.74, 6) is -1.21. The minimum Gasteiger partial charge on any atom is -0.462 e. The number of halogens is 1. The molecule has 1 saturated heterocycles. The number of amides is 2. The number of hydrogen-bond acceptors (Lipinski definition) is 4. The average Bonchev–Trinajstić information content (AvgIpc) is 2.90. The molecule has 4 atom stereocenters. The van der Waals surface area contributed by atoms with Gasteiger partial charge in [0.1, 0.15) is 0 Å². The molecule has 0 aromatic heterocycles. The maximum atomic E-state index is 13.0. The van der Waals surface area contributed by atoms with Crippen LogP contribution in [0.3, 0.4) is 0 Å². The Bertz CT molecular complexity index is 771. The maximum absolute atomic E-state index is 13.0. The second kappa shape index (κ2) is 5.99. The van der Waals surface area contributed by atoms with E-state index in [1.165, 1.54) is 17.0 Å². The predicted molar refractivity (Wildman–Crippen MR) is 92.2 cm³/mol. The van der Waals surface area contributed by atoms with E-state index in [0.717, 1.165) is 12.8 Å². The van der Waals surface area contributed by atoms with Crippen molar-refractivity contribution in [1.82, 2.24) is 0 Å². The zero-order valence-corrected chi connectivity index (χ0v) is 14.5. The summed E-state index contributed by atoms with van der Waals surface area (Å²) in [5, 5.41) is 0.237.